The summed E-state index contributed by atoms with van der Waals surface area (Å²) in [6.07, 6.45) is 4.07. The number of fused-ring (bicyclic) bond motifs is 1. The first-order chi connectivity index (χ1) is 18.0. The van der Waals surface area contributed by atoms with Crippen molar-refractivity contribution in [3.05, 3.63) is 69.4 Å². The topological polar surface area (TPSA) is 93.7 Å². The maximum absolute atomic E-state index is 13.3. The van der Waals surface area contributed by atoms with E-state index in [4.69, 9.17) is 9.47 Å². The number of aryl methyl sites for hydroxylation is 1. The second-order valence-electron chi connectivity index (χ2n) is 9.16. The number of anilines is 1. The Hall–Kier alpha value is -3.74. The number of amides is 2. The number of hydrogen-bond donors (Lipinski definition) is 1. The van der Waals surface area contributed by atoms with Gasteiger partial charge in [0.25, 0.3) is 11.8 Å². The van der Waals surface area contributed by atoms with Crippen LogP contribution in [0.2, 0.25) is 0 Å². The molecule has 2 aromatic heterocycles. The maximum atomic E-state index is 13.3. The zero-order chi connectivity index (χ0) is 25.8. The van der Waals surface area contributed by atoms with E-state index < -0.39 is 11.9 Å². The second kappa shape index (κ2) is 11.1. The average Bonchev–Trinajstić information content (AvgIpc) is 3.29. The number of nitrogens with one attached hydrogen (secondary N) is 1. The van der Waals surface area contributed by atoms with Crippen LogP contribution in [0.5, 0.6) is 5.75 Å². The number of carbonyl (C=O) groups is 2. The molecule has 9 heteroatoms. The molecule has 8 nitrogen and oxygen atoms in total. The number of ether oxygens (including phenoxy) is 2. The lowest BCUT2D eigenvalue weighted by molar-refractivity contribution is -0.120. The number of pyridine rings is 1. The van der Waals surface area contributed by atoms with Crippen molar-refractivity contribution in [2.24, 2.45) is 5.92 Å². The normalized spacial score (nSPS) is 17.7. The lowest BCUT2D eigenvalue weighted by Gasteiger charge is -2.20. The zero-order valence-electron chi connectivity index (χ0n) is 20.8. The van der Waals surface area contributed by atoms with Crippen LogP contribution < -0.4 is 15.0 Å². The molecule has 1 aromatic carbocycles. The molecule has 4 heterocycles. The largest absolute Gasteiger partial charge is 0.489 e. The van der Waals surface area contributed by atoms with E-state index in [0.29, 0.717) is 23.8 Å². The van der Waals surface area contributed by atoms with Crippen molar-refractivity contribution in [1.29, 1.82) is 0 Å². The molecule has 2 aliphatic rings. The maximum Gasteiger partial charge on any atom is 0.270 e. The first kappa shape index (κ1) is 24.9. The van der Waals surface area contributed by atoms with Crippen molar-refractivity contribution in [1.82, 2.24) is 15.3 Å². The highest BCUT2D eigenvalue weighted by Crippen LogP contribution is 2.31. The van der Waals surface area contributed by atoms with Crippen molar-refractivity contribution in [3.63, 3.8) is 0 Å². The molecule has 3 aromatic rings. The molecule has 0 aliphatic carbocycles. The second-order valence-corrected chi connectivity index (χ2v) is 10.2. The van der Waals surface area contributed by atoms with Gasteiger partial charge in [-0.3, -0.25) is 14.6 Å². The molecule has 5 rings (SSSR count). The van der Waals surface area contributed by atoms with E-state index in [1.165, 1.54) is 4.90 Å². The summed E-state index contributed by atoms with van der Waals surface area (Å²) in [7, 11) is 1.68. The molecule has 0 bridgehead atoms. The SMILES string of the molecule is Cc1nc(Cc2ccnc(C(=O)NC3COc4ccc(C#CC5CCOCC5)cc4N(C)C3=O)c2)cs1. The van der Waals surface area contributed by atoms with Gasteiger partial charge >= 0.3 is 0 Å². The fraction of sp³-hybridized carbons (Fsp3) is 0.357. The third kappa shape index (κ3) is 5.98. The summed E-state index contributed by atoms with van der Waals surface area (Å²) < 4.78 is 11.3. The van der Waals surface area contributed by atoms with Crippen molar-refractivity contribution >= 4 is 28.8 Å². The summed E-state index contributed by atoms with van der Waals surface area (Å²) in [5.41, 5.74) is 3.55. The smallest absolute Gasteiger partial charge is 0.270 e. The third-order valence-electron chi connectivity index (χ3n) is 6.41. The van der Waals surface area contributed by atoms with Crippen LogP contribution in [0.1, 0.15) is 45.2 Å². The van der Waals surface area contributed by atoms with Crippen LogP contribution in [0.3, 0.4) is 0 Å². The Bertz CT molecular complexity index is 1370. The number of thiazole rings is 1. The van der Waals surface area contributed by atoms with E-state index in [9.17, 15) is 9.59 Å². The monoisotopic (exact) mass is 516 g/mol. The Kier molecular flexibility index (Phi) is 7.49. The number of likely N-dealkylation sites (N-methyl/N-ethyl adjacent to an activating group) is 1. The molecule has 0 spiro atoms. The fourth-order valence-corrected chi connectivity index (χ4v) is 4.96. The Morgan fingerprint density at radius 1 is 1.24 bits per heavy atom. The van der Waals surface area contributed by atoms with E-state index in [-0.39, 0.29) is 18.2 Å². The van der Waals surface area contributed by atoms with E-state index in [1.54, 1.807) is 30.6 Å². The van der Waals surface area contributed by atoms with Gasteiger partial charge in [0, 0.05) is 49.7 Å². The van der Waals surface area contributed by atoms with Gasteiger partial charge in [-0.1, -0.05) is 11.8 Å². The highest BCUT2D eigenvalue weighted by atomic mass is 32.1. The van der Waals surface area contributed by atoms with E-state index in [1.807, 2.05) is 36.6 Å². The van der Waals surface area contributed by atoms with Crippen LogP contribution in [-0.2, 0) is 16.0 Å². The summed E-state index contributed by atoms with van der Waals surface area (Å²) in [5, 5.41) is 5.80. The van der Waals surface area contributed by atoms with Gasteiger partial charge in [-0.2, -0.15) is 0 Å². The van der Waals surface area contributed by atoms with Crippen LogP contribution in [0, 0.1) is 24.7 Å². The molecule has 0 radical (unpaired) electrons. The van der Waals surface area contributed by atoms with Gasteiger partial charge in [-0.25, -0.2) is 4.98 Å². The standard InChI is InChI=1S/C28H28N4O4S/c1-18-30-22(17-37-18)13-21-7-10-29-23(14-21)27(33)31-24-16-36-26-6-5-20(15-25(26)32(2)28(24)34)4-3-19-8-11-35-12-9-19/h5-7,10,14-15,17,19,24H,8-9,11-13,16H2,1-2H3,(H,31,33). The Balaban J connectivity index is 1.27. The van der Waals surface area contributed by atoms with Crippen molar-refractivity contribution < 1.29 is 19.1 Å². The lowest BCUT2D eigenvalue weighted by atomic mass is 10.0. The highest BCUT2D eigenvalue weighted by molar-refractivity contribution is 7.09. The number of nitrogens with zero attached hydrogens (tertiary/aromatic N) is 3. The van der Waals surface area contributed by atoms with E-state index in [2.05, 4.69) is 27.1 Å². The predicted octanol–water partition coefficient (Wildman–Crippen LogP) is 3.37. The third-order valence-corrected chi connectivity index (χ3v) is 7.23. The molecule has 190 valence electrons. The molecule has 1 N–H and O–H groups in total. The van der Waals surface area contributed by atoms with Crippen molar-refractivity contribution in [3.8, 4) is 17.6 Å². The molecule has 1 atom stereocenters. The molecule has 37 heavy (non-hydrogen) atoms. The Morgan fingerprint density at radius 3 is 2.86 bits per heavy atom. The molecular weight excluding hydrogens is 488 g/mol. The predicted molar refractivity (Wildman–Crippen MR) is 141 cm³/mol. The Labute approximate surface area is 220 Å². The molecular formula is C28H28N4O4S. The minimum Gasteiger partial charge on any atom is -0.489 e. The van der Waals surface area contributed by atoms with E-state index >= 15 is 0 Å². The number of hydrogen-bond acceptors (Lipinski definition) is 7. The Morgan fingerprint density at radius 2 is 2.08 bits per heavy atom. The summed E-state index contributed by atoms with van der Waals surface area (Å²) in [6, 6.07) is 8.30. The summed E-state index contributed by atoms with van der Waals surface area (Å²) in [4.78, 5) is 36.5. The highest BCUT2D eigenvalue weighted by Gasteiger charge is 2.31. The van der Waals surface area contributed by atoms with Crippen LogP contribution in [0.4, 0.5) is 5.69 Å². The summed E-state index contributed by atoms with van der Waals surface area (Å²) in [6.45, 7) is 3.47. The zero-order valence-corrected chi connectivity index (χ0v) is 21.6. The molecule has 2 aliphatic heterocycles. The molecule has 1 unspecified atom stereocenters. The van der Waals surface area contributed by atoms with Gasteiger partial charge in [-0.15, -0.1) is 11.3 Å². The van der Waals surface area contributed by atoms with Crippen LogP contribution in [0.25, 0.3) is 0 Å². The van der Waals surface area contributed by atoms with Crippen molar-refractivity contribution in [2.75, 3.05) is 31.8 Å². The van der Waals surface area contributed by atoms with Gasteiger partial charge in [0.15, 0.2) is 0 Å². The van der Waals surface area contributed by atoms with Gasteiger partial charge in [0.2, 0.25) is 0 Å². The first-order valence-corrected chi connectivity index (χ1v) is 13.1. The quantitative estimate of drug-likeness (QED) is 0.535. The fourth-order valence-electron chi connectivity index (χ4n) is 4.35. The first-order valence-electron chi connectivity index (χ1n) is 12.3. The van der Waals surface area contributed by atoms with Crippen LogP contribution in [-0.4, -0.2) is 54.7 Å². The summed E-state index contributed by atoms with van der Waals surface area (Å²) in [5.74, 6) is 6.74. The van der Waals surface area contributed by atoms with Gasteiger partial charge in [0.1, 0.15) is 24.1 Å². The number of rotatable bonds is 4. The van der Waals surface area contributed by atoms with Crippen LogP contribution >= 0.6 is 11.3 Å². The lowest BCUT2D eigenvalue weighted by Crippen LogP contribution is -2.49. The average molecular weight is 517 g/mol. The molecule has 1 fully saturated rings. The minimum absolute atomic E-state index is 0.0206. The molecule has 2 amide bonds. The number of carbonyl (C=O) groups excluding carboxylic acids is 2. The molecule has 1 saturated heterocycles. The number of benzene rings is 1. The molecule has 0 saturated carbocycles. The van der Waals surface area contributed by atoms with Gasteiger partial charge < -0.3 is 19.7 Å². The van der Waals surface area contributed by atoms with Gasteiger partial charge in [0.05, 0.1) is 16.4 Å². The van der Waals surface area contributed by atoms with Crippen molar-refractivity contribution in [2.45, 2.75) is 32.2 Å². The summed E-state index contributed by atoms with van der Waals surface area (Å²) >= 11 is 1.59. The van der Waals surface area contributed by atoms with Crippen LogP contribution in [0.15, 0.2) is 41.9 Å². The van der Waals surface area contributed by atoms with E-state index in [0.717, 1.165) is 47.9 Å². The number of aromatic nitrogens is 2. The minimum atomic E-state index is -0.853. The van der Waals surface area contributed by atoms with Gasteiger partial charge in [-0.05, 0) is 55.7 Å².